The van der Waals surface area contributed by atoms with Crippen molar-refractivity contribution in [1.29, 1.82) is 0 Å². The molecule has 0 radical (unpaired) electrons. The van der Waals surface area contributed by atoms with E-state index in [4.69, 9.17) is 14.4 Å². The third kappa shape index (κ3) is 3.31. The van der Waals surface area contributed by atoms with Crippen LogP contribution in [0.5, 0.6) is 5.88 Å². The Morgan fingerprint density at radius 2 is 1.97 bits per heavy atom. The predicted octanol–water partition coefficient (Wildman–Crippen LogP) is 3.02. The lowest BCUT2D eigenvalue weighted by Crippen LogP contribution is -2.26. The molecule has 0 bridgehead atoms. The van der Waals surface area contributed by atoms with Gasteiger partial charge in [-0.3, -0.25) is 4.68 Å². The summed E-state index contributed by atoms with van der Waals surface area (Å²) in [6, 6.07) is 3.86. The van der Waals surface area contributed by atoms with Crippen LogP contribution in [0, 0.1) is 6.92 Å². The average molecular weight is 408 g/mol. The minimum atomic E-state index is -0.0174. The van der Waals surface area contributed by atoms with E-state index in [1.54, 1.807) is 15.5 Å². The van der Waals surface area contributed by atoms with E-state index < -0.39 is 0 Å². The molecule has 4 aromatic heterocycles. The summed E-state index contributed by atoms with van der Waals surface area (Å²) < 4.78 is 14.7. The zero-order valence-electron chi connectivity index (χ0n) is 17.4. The zero-order chi connectivity index (χ0) is 20.7. The second-order valence-electron chi connectivity index (χ2n) is 8.22. The van der Waals surface area contributed by atoms with Gasteiger partial charge in [0.15, 0.2) is 23.8 Å². The number of fused-ring (bicyclic) bond motifs is 1. The van der Waals surface area contributed by atoms with E-state index in [0.29, 0.717) is 34.6 Å². The van der Waals surface area contributed by atoms with Gasteiger partial charge in [-0.25, -0.2) is 4.98 Å². The van der Waals surface area contributed by atoms with Crippen molar-refractivity contribution in [3.05, 3.63) is 35.6 Å². The first kappa shape index (κ1) is 18.7. The highest BCUT2D eigenvalue weighted by Gasteiger charge is 2.33. The molecule has 156 valence electrons. The van der Waals surface area contributed by atoms with Gasteiger partial charge >= 0.3 is 0 Å². The summed E-state index contributed by atoms with van der Waals surface area (Å²) in [4.78, 5) is 4.26. The van der Waals surface area contributed by atoms with E-state index in [9.17, 15) is 0 Å². The zero-order valence-corrected chi connectivity index (χ0v) is 17.4. The molecule has 0 atom stereocenters. The second kappa shape index (κ2) is 7.19. The standard InChI is InChI=1S/C20H24N8O2/c1-13-9-15(26-30-13)18-23-22-17-10-14(20(2)7-5-4-6-8-20)19(25-28(17)18)29-11-16-21-12-27(3)24-16/h9-10,12H,4-8,11H2,1-3H3. The van der Waals surface area contributed by atoms with Crippen LogP contribution in [0.3, 0.4) is 0 Å². The summed E-state index contributed by atoms with van der Waals surface area (Å²) >= 11 is 0. The summed E-state index contributed by atoms with van der Waals surface area (Å²) in [5.74, 6) is 2.38. The molecular formula is C20H24N8O2. The molecule has 0 aromatic carbocycles. The average Bonchev–Trinajstić information content (AvgIpc) is 3.45. The lowest BCUT2D eigenvalue weighted by molar-refractivity contribution is 0.253. The Morgan fingerprint density at radius 3 is 2.67 bits per heavy atom. The Morgan fingerprint density at radius 1 is 1.13 bits per heavy atom. The van der Waals surface area contributed by atoms with Crippen LogP contribution >= 0.6 is 0 Å². The maximum Gasteiger partial charge on any atom is 0.236 e. The van der Waals surface area contributed by atoms with Gasteiger partial charge in [0, 0.05) is 18.7 Å². The molecule has 0 N–H and O–H groups in total. The van der Waals surface area contributed by atoms with E-state index in [2.05, 4.69) is 32.4 Å². The first-order valence-electron chi connectivity index (χ1n) is 10.2. The van der Waals surface area contributed by atoms with Gasteiger partial charge < -0.3 is 9.26 Å². The van der Waals surface area contributed by atoms with Gasteiger partial charge in [0.25, 0.3) is 0 Å². The van der Waals surface area contributed by atoms with Gasteiger partial charge in [0.2, 0.25) is 11.7 Å². The lowest BCUT2D eigenvalue weighted by Gasteiger charge is -2.34. The normalized spacial score (nSPS) is 16.2. The molecule has 30 heavy (non-hydrogen) atoms. The van der Waals surface area contributed by atoms with Crippen LogP contribution in [-0.4, -0.2) is 39.7 Å². The second-order valence-corrected chi connectivity index (χ2v) is 8.22. The third-order valence-electron chi connectivity index (χ3n) is 5.81. The van der Waals surface area contributed by atoms with Crippen molar-refractivity contribution in [3.8, 4) is 17.4 Å². The number of hydrogen-bond acceptors (Lipinski definition) is 8. The van der Waals surface area contributed by atoms with Crippen molar-refractivity contribution >= 4 is 5.65 Å². The topological polar surface area (TPSA) is 109 Å². The van der Waals surface area contributed by atoms with Crippen LogP contribution < -0.4 is 4.74 Å². The molecular weight excluding hydrogens is 384 g/mol. The number of rotatable bonds is 5. The molecule has 1 fully saturated rings. The largest absolute Gasteiger partial charge is 0.468 e. The van der Waals surface area contributed by atoms with Gasteiger partial charge in [-0.2, -0.15) is 9.61 Å². The summed E-state index contributed by atoms with van der Waals surface area (Å²) in [6.07, 6.45) is 7.49. The van der Waals surface area contributed by atoms with Crippen molar-refractivity contribution in [2.24, 2.45) is 7.05 Å². The van der Waals surface area contributed by atoms with Crippen LogP contribution in [0.15, 0.2) is 23.0 Å². The molecule has 1 aliphatic rings. The molecule has 10 nitrogen and oxygen atoms in total. The highest BCUT2D eigenvalue weighted by Crippen LogP contribution is 2.42. The highest BCUT2D eigenvalue weighted by molar-refractivity contribution is 5.56. The van der Waals surface area contributed by atoms with Gasteiger partial charge in [-0.05, 0) is 31.2 Å². The fourth-order valence-electron chi connectivity index (χ4n) is 4.17. The van der Waals surface area contributed by atoms with E-state index in [1.807, 2.05) is 26.1 Å². The van der Waals surface area contributed by atoms with E-state index in [-0.39, 0.29) is 12.0 Å². The summed E-state index contributed by atoms with van der Waals surface area (Å²) in [6.45, 7) is 4.36. The Labute approximate surface area is 173 Å². The monoisotopic (exact) mass is 408 g/mol. The number of nitrogens with zero attached hydrogens (tertiary/aromatic N) is 8. The van der Waals surface area contributed by atoms with Crippen LogP contribution in [-0.2, 0) is 19.1 Å². The maximum atomic E-state index is 6.16. The molecule has 10 heteroatoms. The molecule has 0 saturated heterocycles. The highest BCUT2D eigenvalue weighted by atomic mass is 16.5. The Kier molecular flexibility index (Phi) is 4.48. The Hall–Kier alpha value is -3.30. The van der Waals surface area contributed by atoms with Crippen LogP contribution in [0.1, 0.15) is 56.2 Å². The summed E-state index contributed by atoms with van der Waals surface area (Å²) in [7, 11) is 1.83. The first-order chi connectivity index (χ1) is 14.5. The van der Waals surface area contributed by atoms with Gasteiger partial charge in [0.1, 0.15) is 12.1 Å². The van der Waals surface area contributed by atoms with Crippen LogP contribution in [0.2, 0.25) is 0 Å². The first-order valence-corrected chi connectivity index (χ1v) is 10.2. The van der Waals surface area contributed by atoms with Gasteiger partial charge in [-0.1, -0.05) is 31.3 Å². The third-order valence-corrected chi connectivity index (χ3v) is 5.81. The quantitative estimate of drug-likeness (QED) is 0.496. The van der Waals surface area contributed by atoms with Crippen molar-refractivity contribution in [2.75, 3.05) is 0 Å². The van der Waals surface area contributed by atoms with Crippen LogP contribution in [0.4, 0.5) is 0 Å². The van der Waals surface area contributed by atoms with E-state index in [1.165, 1.54) is 19.3 Å². The molecule has 1 saturated carbocycles. The SMILES string of the molecule is Cc1cc(-c2nnc3cc(C4(C)CCCCC4)c(OCc4ncn(C)n4)nn23)no1. The maximum absolute atomic E-state index is 6.16. The Bertz CT molecular complexity index is 1180. The van der Waals surface area contributed by atoms with E-state index >= 15 is 0 Å². The molecule has 0 spiro atoms. The van der Waals surface area contributed by atoms with Crippen molar-refractivity contribution in [2.45, 2.75) is 58.0 Å². The van der Waals surface area contributed by atoms with Crippen molar-refractivity contribution in [3.63, 3.8) is 0 Å². The fourth-order valence-corrected chi connectivity index (χ4v) is 4.17. The summed E-state index contributed by atoms with van der Waals surface area (Å²) in [5, 5.41) is 21.8. The number of aromatic nitrogens is 8. The molecule has 0 aliphatic heterocycles. The van der Waals surface area contributed by atoms with Crippen molar-refractivity contribution in [1.82, 2.24) is 39.7 Å². The minimum absolute atomic E-state index is 0.0174. The van der Waals surface area contributed by atoms with Crippen LogP contribution in [0.25, 0.3) is 17.2 Å². The van der Waals surface area contributed by atoms with Gasteiger partial charge in [0.05, 0.1) is 0 Å². The van der Waals surface area contributed by atoms with Crippen molar-refractivity contribution < 1.29 is 9.26 Å². The number of aryl methyl sites for hydroxylation is 2. The Balaban J connectivity index is 1.59. The lowest BCUT2D eigenvalue weighted by atomic mass is 9.71. The number of ether oxygens (including phenoxy) is 1. The molecule has 4 heterocycles. The molecule has 5 rings (SSSR count). The molecule has 1 aliphatic carbocycles. The van der Waals surface area contributed by atoms with E-state index in [0.717, 1.165) is 18.4 Å². The molecule has 0 amide bonds. The van der Waals surface area contributed by atoms with Gasteiger partial charge in [-0.15, -0.1) is 15.3 Å². The predicted molar refractivity (Wildman–Crippen MR) is 107 cm³/mol. The molecule has 0 unspecified atom stereocenters. The fraction of sp³-hybridized carbons (Fsp3) is 0.500. The minimum Gasteiger partial charge on any atom is -0.468 e. The number of hydrogen-bond donors (Lipinski definition) is 0. The molecule has 4 aromatic rings. The smallest absolute Gasteiger partial charge is 0.236 e. The summed E-state index contributed by atoms with van der Waals surface area (Å²) in [5.41, 5.74) is 2.29.